The van der Waals surface area contributed by atoms with Gasteiger partial charge < -0.3 is 0 Å². The SMILES string of the molecule is CC(C)(C#N)N(SC(F)(Cl)Cl)S(C)(=O)=O. The average molecular weight is 295 g/mol. The lowest BCUT2D eigenvalue weighted by atomic mass is 10.1. The molecule has 9 heteroatoms. The van der Waals surface area contributed by atoms with E-state index >= 15 is 0 Å². The summed E-state index contributed by atoms with van der Waals surface area (Å²) in [4.78, 5) is 0. The standard InChI is InChI=1S/C6H9Cl2FN2O2S2/c1-5(2,4-10)11(15(3,12)13)14-6(7,8)9/h1-3H3. The first-order valence-electron chi connectivity index (χ1n) is 3.58. The highest BCUT2D eigenvalue weighted by Crippen LogP contribution is 2.42. The third-order valence-electron chi connectivity index (χ3n) is 1.22. The van der Waals surface area contributed by atoms with Crippen molar-refractivity contribution in [1.82, 2.24) is 3.71 Å². The molecule has 0 fully saturated rings. The fourth-order valence-corrected chi connectivity index (χ4v) is 3.57. The van der Waals surface area contributed by atoms with Crippen molar-refractivity contribution >= 4 is 45.2 Å². The van der Waals surface area contributed by atoms with Crippen LogP contribution >= 0.6 is 35.1 Å². The topological polar surface area (TPSA) is 61.2 Å². The maximum atomic E-state index is 12.9. The van der Waals surface area contributed by atoms with Gasteiger partial charge in [-0.2, -0.15) is 9.65 Å². The number of nitrogens with zero attached hydrogens (tertiary/aromatic N) is 2. The summed E-state index contributed by atoms with van der Waals surface area (Å²) in [5.41, 5.74) is -1.45. The van der Waals surface area contributed by atoms with Crippen molar-refractivity contribution in [2.24, 2.45) is 0 Å². The van der Waals surface area contributed by atoms with Crippen molar-refractivity contribution in [2.45, 2.75) is 23.3 Å². The zero-order chi connectivity index (χ0) is 12.5. The predicted molar refractivity (Wildman–Crippen MR) is 59.5 cm³/mol. The van der Waals surface area contributed by atoms with Crippen LogP contribution in [-0.2, 0) is 10.0 Å². The number of hydrogen-bond donors (Lipinski definition) is 0. The third-order valence-corrected chi connectivity index (χ3v) is 4.56. The lowest BCUT2D eigenvalue weighted by Gasteiger charge is -2.30. The molecule has 0 radical (unpaired) electrons. The maximum absolute atomic E-state index is 12.9. The first-order chi connectivity index (χ1) is 6.40. The minimum Gasteiger partial charge on any atom is -0.212 e. The van der Waals surface area contributed by atoms with Crippen LogP contribution in [0.25, 0.3) is 0 Å². The molecule has 0 atom stereocenters. The Labute approximate surface area is 103 Å². The van der Waals surface area contributed by atoms with Gasteiger partial charge in [0.05, 0.1) is 12.3 Å². The van der Waals surface area contributed by atoms with E-state index in [0.717, 1.165) is 6.26 Å². The quantitative estimate of drug-likeness (QED) is 0.589. The first kappa shape index (κ1) is 15.3. The van der Waals surface area contributed by atoms with Crippen LogP contribution < -0.4 is 0 Å². The summed E-state index contributed by atoms with van der Waals surface area (Å²) < 4.78 is 33.2. The Bertz CT molecular complexity index is 372. The van der Waals surface area contributed by atoms with E-state index in [-0.39, 0.29) is 11.9 Å². The fraction of sp³-hybridized carbons (Fsp3) is 0.833. The van der Waals surface area contributed by atoms with Gasteiger partial charge in [0.25, 0.3) is 0 Å². The number of hydrogen-bond acceptors (Lipinski definition) is 4. The normalized spacial score (nSPS) is 14.0. The van der Waals surface area contributed by atoms with Gasteiger partial charge in [0, 0.05) is 11.9 Å². The van der Waals surface area contributed by atoms with Gasteiger partial charge >= 0.3 is 3.92 Å². The molecule has 0 aromatic carbocycles. The number of sulfonamides is 1. The van der Waals surface area contributed by atoms with Crippen molar-refractivity contribution in [3.8, 4) is 6.07 Å². The summed E-state index contributed by atoms with van der Waals surface area (Å²) in [6.07, 6.45) is 0.832. The Morgan fingerprint density at radius 2 is 1.87 bits per heavy atom. The lowest BCUT2D eigenvalue weighted by molar-refractivity contribution is 0.420. The van der Waals surface area contributed by atoms with Crippen molar-refractivity contribution in [3.05, 3.63) is 0 Å². The van der Waals surface area contributed by atoms with Crippen LogP contribution in [0.3, 0.4) is 0 Å². The van der Waals surface area contributed by atoms with Crippen molar-refractivity contribution < 1.29 is 12.8 Å². The highest BCUT2D eigenvalue weighted by atomic mass is 35.5. The van der Waals surface area contributed by atoms with Gasteiger partial charge in [-0.15, -0.1) is 3.71 Å². The zero-order valence-corrected chi connectivity index (χ0v) is 11.3. The van der Waals surface area contributed by atoms with E-state index in [0.29, 0.717) is 3.71 Å². The second kappa shape index (κ2) is 4.63. The predicted octanol–water partition coefficient (Wildman–Crippen LogP) is 2.26. The third kappa shape index (κ3) is 5.22. The summed E-state index contributed by atoms with van der Waals surface area (Å²) in [6.45, 7) is 2.61. The molecule has 0 saturated carbocycles. The second-order valence-electron chi connectivity index (χ2n) is 3.20. The van der Waals surface area contributed by atoms with E-state index in [1.54, 1.807) is 6.07 Å². The molecular formula is C6H9Cl2FN2O2S2. The average Bonchev–Trinajstić information content (AvgIpc) is 1.96. The summed E-state index contributed by atoms with van der Waals surface area (Å²) in [7, 11) is -3.80. The highest BCUT2D eigenvalue weighted by molar-refractivity contribution is 8.10. The van der Waals surface area contributed by atoms with Crippen LogP contribution in [0.2, 0.25) is 0 Å². The molecule has 0 amide bonds. The molecule has 0 aliphatic rings. The monoisotopic (exact) mass is 294 g/mol. The Morgan fingerprint density at radius 1 is 1.47 bits per heavy atom. The zero-order valence-electron chi connectivity index (χ0n) is 8.16. The lowest BCUT2D eigenvalue weighted by Crippen LogP contribution is -2.42. The van der Waals surface area contributed by atoms with Gasteiger partial charge in [-0.3, -0.25) is 0 Å². The van der Waals surface area contributed by atoms with Gasteiger partial charge in [0.2, 0.25) is 10.0 Å². The molecular weight excluding hydrogens is 286 g/mol. The minimum atomic E-state index is -3.80. The largest absolute Gasteiger partial charge is 0.319 e. The first-order valence-corrected chi connectivity index (χ1v) is 6.95. The molecule has 0 aliphatic heterocycles. The van der Waals surface area contributed by atoms with Crippen LogP contribution in [0, 0.1) is 11.3 Å². The van der Waals surface area contributed by atoms with E-state index in [1.807, 2.05) is 0 Å². The van der Waals surface area contributed by atoms with Crippen LogP contribution in [0.15, 0.2) is 0 Å². The van der Waals surface area contributed by atoms with E-state index in [4.69, 9.17) is 28.5 Å². The number of nitriles is 1. The number of halogens is 3. The Balaban J connectivity index is 5.23. The molecule has 88 valence electrons. The Hall–Kier alpha value is 0.260. The molecule has 4 nitrogen and oxygen atoms in total. The molecule has 0 saturated heterocycles. The molecule has 0 heterocycles. The molecule has 0 N–H and O–H groups in total. The molecule has 0 aliphatic carbocycles. The molecule has 0 bridgehead atoms. The summed E-state index contributed by atoms with van der Waals surface area (Å²) in [6, 6.07) is 1.71. The molecule has 0 rings (SSSR count). The summed E-state index contributed by atoms with van der Waals surface area (Å²) in [5, 5.41) is 8.75. The van der Waals surface area contributed by atoms with Crippen LogP contribution in [0.4, 0.5) is 4.39 Å². The van der Waals surface area contributed by atoms with Crippen molar-refractivity contribution in [2.75, 3.05) is 6.26 Å². The van der Waals surface area contributed by atoms with Crippen molar-refractivity contribution in [3.63, 3.8) is 0 Å². The maximum Gasteiger partial charge on any atom is 0.319 e. The van der Waals surface area contributed by atoms with Gasteiger partial charge in [-0.25, -0.2) is 8.42 Å². The van der Waals surface area contributed by atoms with Gasteiger partial charge in [-0.05, 0) is 13.8 Å². The van der Waals surface area contributed by atoms with Gasteiger partial charge in [0.15, 0.2) is 0 Å². The van der Waals surface area contributed by atoms with Gasteiger partial charge in [0.1, 0.15) is 5.54 Å². The minimum absolute atomic E-state index is 0.0274. The smallest absolute Gasteiger partial charge is 0.212 e. The van der Waals surface area contributed by atoms with Crippen LogP contribution in [0.1, 0.15) is 13.8 Å². The van der Waals surface area contributed by atoms with Crippen LogP contribution in [-0.4, -0.2) is 27.8 Å². The molecule has 0 aromatic rings. The van der Waals surface area contributed by atoms with E-state index < -0.39 is 19.5 Å². The number of alkyl halides is 3. The van der Waals surface area contributed by atoms with Crippen LogP contribution in [0.5, 0.6) is 0 Å². The van der Waals surface area contributed by atoms with E-state index in [1.165, 1.54) is 13.8 Å². The van der Waals surface area contributed by atoms with E-state index in [9.17, 15) is 12.8 Å². The summed E-state index contributed by atoms with van der Waals surface area (Å²) in [5.74, 6) is 0. The fourth-order valence-electron chi connectivity index (χ4n) is 0.731. The van der Waals surface area contributed by atoms with Gasteiger partial charge in [-0.1, -0.05) is 23.2 Å². The Kier molecular flexibility index (Phi) is 4.71. The molecule has 0 aromatic heterocycles. The van der Waals surface area contributed by atoms with E-state index in [2.05, 4.69) is 0 Å². The molecule has 0 unspecified atom stereocenters. The second-order valence-corrected chi connectivity index (χ2v) is 8.05. The summed E-state index contributed by atoms with van der Waals surface area (Å²) >= 11 is 10.1. The Morgan fingerprint density at radius 3 is 2.07 bits per heavy atom. The highest BCUT2D eigenvalue weighted by Gasteiger charge is 2.41. The molecule has 15 heavy (non-hydrogen) atoms. The number of rotatable bonds is 4. The molecule has 0 spiro atoms. The van der Waals surface area contributed by atoms with Crippen molar-refractivity contribution in [1.29, 1.82) is 5.26 Å².